The van der Waals surface area contributed by atoms with Gasteiger partial charge >= 0.3 is 0 Å². The minimum Gasteiger partial charge on any atom is -0.456 e. The molecule has 0 amide bonds. The van der Waals surface area contributed by atoms with Crippen molar-refractivity contribution < 1.29 is 9.53 Å². The molecular weight excluding hydrogens is 362 g/mol. The smallest absolute Gasteiger partial charge is 0.150 e. The minimum atomic E-state index is 0.474. The van der Waals surface area contributed by atoms with Gasteiger partial charge < -0.3 is 20.4 Å². The zero-order chi connectivity index (χ0) is 20.4. The summed E-state index contributed by atoms with van der Waals surface area (Å²) in [7, 11) is 2.12. The van der Waals surface area contributed by atoms with Crippen molar-refractivity contribution in [2.24, 2.45) is 0 Å². The number of carbonyl (C=O) groups excluding carboxylic acids is 1. The largest absolute Gasteiger partial charge is 0.456 e. The molecule has 1 aliphatic carbocycles. The molecule has 5 heteroatoms. The Morgan fingerprint density at radius 3 is 2.59 bits per heavy atom. The van der Waals surface area contributed by atoms with Crippen LogP contribution in [0, 0.1) is 5.41 Å². The Labute approximate surface area is 171 Å². The predicted molar refractivity (Wildman–Crippen MR) is 117 cm³/mol. The SMILES string of the molecule is CC1CCc2c(ccc(/C(C=N)=C/NC3CC3)c2Oc2ccc(C=O)cc2)N1C. The van der Waals surface area contributed by atoms with Crippen LogP contribution in [0.25, 0.3) is 5.57 Å². The van der Waals surface area contributed by atoms with Crippen molar-refractivity contribution >= 4 is 23.8 Å². The molecule has 0 saturated heterocycles. The highest BCUT2D eigenvalue weighted by molar-refractivity contribution is 6.09. The fraction of sp³-hybridized carbons (Fsp3) is 0.333. The van der Waals surface area contributed by atoms with Crippen molar-refractivity contribution in [2.45, 2.75) is 44.7 Å². The lowest BCUT2D eigenvalue weighted by molar-refractivity contribution is 0.112. The van der Waals surface area contributed by atoms with E-state index in [2.05, 4.69) is 30.3 Å². The van der Waals surface area contributed by atoms with Crippen LogP contribution in [0.2, 0.25) is 0 Å². The van der Waals surface area contributed by atoms with E-state index >= 15 is 0 Å². The van der Waals surface area contributed by atoms with Crippen LogP contribution < -0.4 is 15.0 Å². The molecule has 1 fully saturated rings. The summed E-state index contributed by atoms with van der Waals surface area (Å²) in [6.45, 7) is 2.23. The Morgan fingerprint density at radius 2 is 1.93 bits per heavy atom. The first kappa shape index (κ1) is 19.2. The Morgan fingerprint density at radius 1 is 1.17 bits per heavy atom. The molecule has 1 heterocycles. The van der Waals surface area contributed by atoms with Crippen LogP contribution in [0.3, 0.4) is 0 Å². The van der Waals surface area contributed by atoms with E-state index < -0.39 is 0 Å². The molecule has 1 unspecified atom stereocenters. The summed E-state index contributed by atoms with van der Waals surface area (Å²) in [5, 5.41) is 11.4. The van der Waals surface area contributed by atoms with Gasteiger partial charge in [0.1, 0.15) is 17.8 Å². The third-order valence-electron chi connectivity index (χ3n) is 5.84. The zero-order valence-corrected chi connectivity index (χ0v) is 16.9. The summed E-state index contributed by atoms with van der Waals surface area (Å²) in [4.78, 5) is 13.3. The number of aldehydes is 1. The highest BCUT2D eigenvalue weighted by Crippen LogP contribution is 2.42. The van der Waals surface area contributed by atoms with Crippen LogP contribution >= 0.6 is 0 Å². The van der Waals surface area contributed by atoms with Crippen molar-refractivity contribution in [3.63, 3.8) is 0 Å². The first-order valence-corrected chi connectivity index (χ1v) is 10.2. The van der Waals surface area contributed by atoms with Gasteiger partial charge in [-0.3, -0.25) is 4.79 Å². The minimum absolute atomic E-state index is 0.474. The van der Waals surface area contributed by atoms with Crippen LogP contribution in [0.15, 0.2) is 42.6 Å². The Kier molecular flexibility index (Phi) is 5.38. The van der Waals surface area contributed by atoms with E-state index in [0.29, 0.717) is 23.4 Å². The molecule has 4 rings (SSSR count). The van der Waals surface area contributed by atoms with Gasteiger partial charge in [-0.1, -0.05) is 0 Å². The predicted octanol–water partition coefficient (Wildman–Crippen LogP) is 4.80. The summed E-state index contributed by atoms with van der Waals surface area (Å²) in [6, 6.07) is 12.3. The van der Waals surface area contributed by atoms with Gasteiger partial charge in [0.25, 0.3) is 0 Å². The number of benzene rings is 2. The maximum atomic E-state index is 11.0. The lowest BCUT2D eigenvalue weighted by Crippen LogP contribution is -2.33. The highest BCUT2D eigenvalue weighted by Gasteiger charge is 2.26. The molecule has 2 aromatic carbocycles. The molecule has 1 atom stereocenters. The second-order valence-corrected chi connectivity index (χ2v) is 7.91. The van der Waals surface area contributed by atoms with Crippen molar-refractivity contribution in [1.29, 1.82) is 5.41 Å². The van der Waals surface area contributed by atoms with Gasteiger partial charge in [-0.05, 0) is 69.0 Å². The summed E-state index contributed by atoms with van der Waals surface area (Å²) in [5.74, 6) is 1.48. The van der Waals surface area contributed by atoms with Gasteiger partial charge in [-0.15, -0.1) is 0 Å². The van der Waals surface area contributed by atoms with E-state index in [0.717, 1.165) is 36.0 Å². The third kappa shape index (κ3) is 4.04. The normalized spacial score (nSPS) is 18.8. The summed E-state index contributed by atoms with van der Waals surface area (Å²) < 4.78 is 6.38. The van der Waals surface area contributed by atoms with E-state index in [1.165, 1.54) is 30.3 Å². The van der Waals surface area contributed by atoms with Gasteiger partial charge in [-0.25, -0.2) is 0 Å². The molecular formula is C24H27N3O2. The lowest BCUT2D eigenvalue weighted by atomic mass is 9.92. The molecule has 2 N–H and O–H groups in total. The van der Waals surface area contributed by atoms with E-state index in [9.17, 15) is 4.79 Å². The fourth-order valence-corrected chi connectivity index (χ4v) is 3.70. The number of allylic oxidation sites excluding steroid dienone is 1. The van der Waals surface area contributed by atoms with Crippen LogP contribution in [-0.2, 0) is 6.42 Å². The first-order valence-electron chi connectivity index (χ1n) is 10.2. The fourth-order valence-electron chi connectivity index (χ4n) is 3.70. The van der Waals surface area contributed by atoms with Crippen molar-refractivity contribution in [1.82, 2.24) is 5.32 Å². The van der Waals surface area contributed by atoms with Crippen LogP contribution in [-0.4, -0.2) is 31.6 Å². The van der Waals surface area contributed by atoms with Gasteiger partial charge in [0.2, 0.25) is 0 Å². The number of hydrogen-bond acceptors (Lipinski definition) is 5. The molecule has 0 spiro atoms. The monoisotopic (exact) mass is 389 g/mol. The molecule has 0 radical (unpaired) electrons. The van der Waals surface area contributed by atoms with E-state index in [1.807, 2.05) is 24.4 Å². The summed E-state index contributed by atoms with van der Waals surface area (Å²) in [5.41, 5.74) is 4.68. The molecule has 29 heavy (non-hydrogen) atoms. The molecule has 150 valence electrons. The molecule has 5 nitrogen and oxygen atoms in total. The number of fused-ring (bicyclic) bond motifs is 1. The average Bonchev–Trinajstić information content (AvgIpc) is 3.57. The number of nitrogens with one attached hydrogen (secondary N) is 2. The van der Waals surface area contributed by atoms with Gasteiger partial charge in [0.05, 0.1) is 0 Å². The maximum Gasteiger partial charge on any atom is 0.150 e. The van der Waals surface area contributed by atoms with Crippen molar-refractivity contribution in [2.75, 3.05) is 11.9 Å². The zero-order valence-electron chi connectivity index (χ0n) is 16.9. The number of hydrogen-bond donors (Lipinski definition) is 2. The highest BCUT2D eigenvalue weighted by atomic mass is 16.5. The number of carbonyl (C=O) groups is 1. The topological polar surface area (TPSA) is 65.4 Å². The molecule has 1 aliphatic heterocycles. The van der Waals surface area contributed by atoms with Gasteiger partial charge in [0.15, 0.2) is 0 Å². The Balaban J connectivity index is 1.78. The third-order valence-corrected chi connectivity index (χ3v) is 5.84. The van der Waals surface area contributed by atoms with Crippen LogP contribution in [0.4, 0.5) is 5.69 Å². The van der Waals surface area contributed by atoms with Crippen LogP contribution in [0.1, 0.15) is 47.7 Å². The van der Waals surface area contributed by atoms with E-state index in [4.69, 9.17) is 10.1 Å². The maximum absolute atomic E-state index is 11.0. The molecule has 2 aromatic rings. The Bertz CT molecular complexity index is 945. The van der Waals surface area contributed by atoms with E-state index in [1.54, 1.807) is 12.1 Å². The second-order valence-electron chi connectivity index (χ2n) is 7.91. The number of ether oxygens (including phenoxy) is 1. The number of nitrogens with zero attached hydrogens (tertiary/aromatic N) is 1. The summed E-state index contributed by atoms with van der Waals surface area (Å²) >= 11 is 0. The standard InChI is InChI=1S/C24H27N3O2/c1-16-3-10-22-23(27(16)2)12-11-21(18(13-25)14-26-19-6-7-19)24(22)29-20-8-4-17(15-28)5-9-20/h4-5,8-9,11-16,19,25-26H,3,6-7,10H2,1-2H3/b18-14+,25-13?. The van der Waals surface area contributed by atoms with E-state index in [-0.39, 0.29) is 0 Å². The van der Waals surface area contributed by atoms with Gasteiger partial charge in [0, 0.05) is 59.5 Å². The summed E-state index contributed by atoms with van der Waals surface area (Å²) in [6.07, 6.45) is 8.49. The van der Waals surface area contributed by atoms with Crippen molar-refractivity contribution in [3.8, 4) is 11.5 Å². The molecule has 0 aromatic heterocycles. The average molecular weight is 389 g/mol. The quantitative estimate of drug-likeness (QED) is 0.527. The second kappa shape index (κ2) is 8.11. The molecule has 0 bridgehead atoms. The number of anilines is 1. The van der Waals surface area contributed by atoms with Crippen molar-refractivity contribution in [3.05, 3.63) is 59.3 Å². The Hall–Kier alpha value is -3.08. The molecule has 2 aliphatic rings. The van der Waals surface area contributed by atoms with Crippen LogP contribution in [0.5, 0.6) is 11.5 Å². The van der Waals surface area contributed by atoms with Gasteiger partial charge in [-0.2, -0.15) is 0 Å². The lowest BCUT2D eigenvalue weighted by Gasteiger charge is -2.35. The first-order chi connectivity index (χ1) is 14.1. The number of rotatable bonds is 7. The molecule has 1 saturated carbocycles.